The molecule has 1 heterocycles. The highest BCUT2D eigenvalue weighted by molar-refractivity contribution is 6.30. The molecule has 5 nitrogen and oxygen atoms in total. The van der Waals surface area contributed by atoms with Crippen LogP contribution in [0.25, 0.3) is 10.8 Å². The van der Waals surface area contributed by atoms with Crippen molar-refractivity contribution in [3.63, 3.8) is 0 Å². The molecule has 1 aliphatic rings. The Morgan fingerprint density at radius 2 is 1.60 bits per heavy atom. The average Bonchev–Trinajstić information content (AvgIpc) is 2.98. The molecule has 0 saturated carbocycles. The third kappa shape index (κ3) is 7.71. The zero-order valence-electron chi connectivity index (χ0n) is 22.7. The first-order chi connectivity index (χ1) is 19.5. The average molecular weight is 554 g/mol. The Balaban J connectivity index is 1.23. The van der Waals surface area contributed by atoms with Crippen molar-refractivity contribution in [3.8, 4) is 0 Å². The number of aryl methyl sites for hydroxylation is 1. The van der Waals surface area contributed by atoms with E-state index in [1.54, 1.807) is 0 Å². The summed E-state index contributed by atoms with van der Waals surface area (Å²) in [5.41, 5.74) is 3.42. The summed E-state index contributed by atoms with van der Waals surface area (Å²) in [6.07, 6.45) is 3.21. The van der Waals surface area contributed by atoms with E-state index in [2.05, 4.69) is 65.2 Å². The first kappa shape index (κ1) is 27.9. The molecule has 6 heteroatoms. The molecule has 4 aromatic rings. The summed E-state index contributed by atoms with van der Waals surface area (Å²) in [6.45, 7) is 1.95. The van der Waals surface area contributed by atoms with Gasteiger partial charge in [0.25, 0.3) is 0 Å². The zero-order chi connectivity index (χ0) is 27.7. The van der Waals surface area contributed by atoms with Gasteiger partial charge in [0, 0.05) is 43.5 Å². The van der Waals surface area contributed by atoms with Crippen LogP contribution in [0.2, 0.25) is 5.02 Å². The minimum Gasteiger partial charge on any atom is -0.344 e. The van der Waals surface area contributed by atoms with Crippen LogP contribution in [0.5, 0.6) is 0 Å². The first-order valence-corrected chi connectivity index (χ1v) is 14.5. The highest BCUT2D eigenvalue weighted by Crippen LogP contribution is 2.18. The van der Waals surface area contributed by atoms with Gasteiger partial charge in [-0.2, -0.15) is 0 Å². The number of nitrogens with zero attached hydrogens (tertiary/aromatic N) is 1. The quantitative estimate of drug-likeness (QED) is 0.269. The van der Waals surface area contributed by atoms with Gasteiger partial charge in [-0.1, -0.05) is 96.5 Å². The molecule has 2 N–H and O–H groups in total. The van der Waals surface area contributed by atoms with Crippen molar-refractivity contribution in [1.29, 1.82) is 0 Å². The van der Waals surface area contributed by atoms with Crippen LogP contribution in [0.3, 0.4) is 0 Å². The van der Waals surface area contributed by atoms with E-state index >= 15 is 0 Å². The van der Waals surface area contributed by atoms with E-state index in [0.29, 0.717) is 31.0 Å². The van der Waals surface area contributed by atoms with Gasteiger partial charge in [-0.05, 0) is 58.9 Å². The lowest BCUT2D eigenvalue weighted by Gasteiger charge is -2.36. The highest BCUT2D eigenvalue weighted by Gasteiger charge is 2.30. The van der Waals surface area contributed by atoms with Gasteiger partial charge in [-0.25, -0.2) is 0 Å². The number of rotatable bonds is 10. The number of carbonyl (C=O) groups excluding carboxylic acids is 2. The number of benzene rings is 4. The van der Waals surface area contributed by atoms with Crippen molar-refractivity contribution < 1.29 is 9.59 Å². The van der Waals surface area contributed by atoms with Crippen molar-refractivity contribution in [1.82, 2.24) is 15.5 Å². The normalized spacial score (nSPS) is 16.0. The van der Waals surface area contributed by atoms with Crippen molar-refractivity contribution in [2.24, 2.45) is 0 Å². The summed E-state index contributed by atoms with van der Waals surface area (Å²) in [7, 11) is 0. The fraction of sp³-hybridized carbons (Fsp3) is 0.294. The van der Waals surface area contributed by atoms with Crippen molar-refractivity contribution in [3.05, 3.63) is 119 Å². The third-order valence-electron chi connectivity index (χ3n) is 7.56. The van der Waals surface area contributed by atoms with Gasteiger partial charge in [0.05, 0.1) is 0 Å². The van der Waals surface area contributed by atoms with Crippen molar-refractivity contribution in [2.45, 2.75) is 44.2 Å². The van der Waals surface area contributed by atoms with Crippen molar-refractivity contribution >= 4 is 34.2 Å². The van der Waals surface area contributed by atoms with Gasteiger partial charge >= 0.3 is 0 Å². The van der Waals surface area contributed by atoms with Crippen molar-refractivity contribution in [2.75, 3.05) is 19.6 Å². The van der Waals surface area contributed by atoms with Crippen LogP contribution in [-0.2, 0) is 28.9 Å². The Hall–Kier alpha value is -3.67. The molecule has 5 rings (SSSR count). The van der Waals surface area contributed by atoms with Gasteiger partial charge in [-0.3, -0.25) is 9.59 Å². The molecule has 0 spiro atoms. The molecule has 0 aromatic heterocycles. The Bertz CT molecular complexity index is 1420. The summed E-state index contributed by atoms with van der Waals surface area (Å²) in [4.78, 5) is 28.7. The molecule has 1 aliphatic heterocycles. The predicted octanol–water partition coefficient (Wildman–Crippen LogP) is 5.59. The second-order valence-electron chi connectivity index (χ2n) is 10.6. The molecule has 1 saturated heterocycles. The minimum absolute atomic E-state index is 0.0311. The molecule has 206 valence electrons. The van der Waals surface area contributed by atoms with Crippen LogP contribution in [0, 0.1) is 0 Å². The second-order valence-corrected chi connectivity index (χ2v) is 11.0. The van der Waals surface area contributed by atoms with E-state index in [9.17, 15) is 9.59 Å². The van der Waals surface area contributed by atoms with Crippen LogP contribution >= 0.6 is 11.6 Å². The van der Waals surface area contributed by atoms with Gasteiger partial charge < -0.3 is 15.5 Å². The van der Waals surface area contributed by atoms with Gasteiger partial charge in [0.15, 0.2) is 0 Å². The van der Waals surface area contributed by atoms with Crippen LogP contribution in [0.4, 0.5) is 0 Å². The van der Waals surface area contributed by atoms with E-state index < -0.39 is 6.04 Å². The van der Waals surface area contributed by atoms with Gasteiger partial charge in [0.2, 0.25) is 11.8 Å². The maximum atomic E-state index is 13.8. The summed E-state index contributed by atoms with van der Waals surface area (Å²) in [5.74, 6) is -0.123. The third-order valence-corrected chi connectivity index (χ3v) is 7.81. The van der Waals surface area contributed by atoms with E-state index in [0.717, 1.165) is 31.4 Å². The Labute approximate surface area is 241 Å². The van der Waals surface area contributed by atoms with E-state index in [1.807, 2.05) is 47.4 Å². The predicted molar refractivity (Wildman–Crippen MR) is 162 cm³/mol. The number of amides is 2. The zero-order valence-corrected chi connectivity index (χ0v) is 23.4. The standard InChI is InChI=1S/C34H36ClN3O2/c35-30-17-14-26(15-18-30)23-32(37-33(39)12-6-9-25-7-2-1-3-8-25)34(40)38-20-19-36-31(24-38)22-27-13-16-28-10-4-5-11-29(28)21-27/h1-5,7-8,10-11,13-18,21,31-32,36H,6,9,12,19-20,22-24H2,(H,37,39)/t31-,32-/m1/s1. The first-order valence-electron chi connectivity index (χ1n) is 14.1. The molecule has 0 unspecified atom stereocenters. The second kappa shape index (κ2) is 13.6. The smallest absolute Gasteiger partial charge is 0.245 e. The summed E-state index contributed by atoms with van der Waals surface area (Å²) in [6, 6.07) is 32.1. The molecule has 0 aliphatic carbocycles. The summed E-state index contributed by atoms with van der Waals surface area (Å²) in [5, 5.41) is 9.75. The number of carbonyl (C=O) groups is 2. The molecule has 4 aromatic carbocycles. The molecule has 1 fully saturated rings. The van der Waals surface area contributed by atoms with Crippen LogP contribution in [0.15, 0.2) is 97.1 Å². The monoisotopic (exact) mass is 553 g/mol. The molecule has 2 amide bonds. The number of hydrogen-bond donors (Lipinski definition) is 2. The lowest BCUT2D eigenvalue weighted by atomic mass is 9.99. The maximum absolute atomic E-state index is 13.8. The van der Waals surface area contributed by atoms with E-state index in [-0.39, 0.29) is 17.9 Å². The SMILES string of the molecule is O=C(CCCc1ccccc1)N[C@H](Cc1ccc(Cl)cc1)C(=O)N1CCN[C@H](Cc2ccc3ccccc3c2)C1. The Morgan fingerprint density at radius 3 is 2.40 bits per heavy atom. The molecule has 40 heavy (non-hydrogen) atoms. The number of hydrogen-bond acceptors (Lipinski definition) is 3. The Kier molecular flexibility index (Phi) is 9.48. The van der Waals surface area contributed by atoms with Crippen LogP contribution in [-0.4, -0.2) is 48.4 Å². The molecule has 2 atom stereocenters. The summed E-state index contributed by atoms with van der Waals surface area (Å²) >= 11 is 6.09. The van der Waals surface area contributed by atoms with E-state index in [1.165, 1.54) is 21.9 Å². The van der Waals surface area contributed by atoms with Gasteiger partial charge in [-0.15, -0.1) is 0 Å². The highest BCUT2D eigenvalue weighted by atomic mass is 35.5. The number of halogens is 1. The van der Waals surface area contributed by atoms with Gasteiger partial charge in [0.1, 0.15) is 6.04 Å². The number of fused-ring (bicyclic) bond motifs is 1. The molecule has 0 bridgehead atoms. The number of nitrogens with one attached hydrogen (secondary N) is 2. The minimum atomic E-state index is -0.621. The topological polar surface area (TPSA) is 61.4 Å². The molecular weight excluding hydrogens is 518 g/mol. The van der Waals surface area contributed by atoms with E-state index in [4.69, 9.17) is 11.6 Å². The molecular formula is C34H36ClN3O2. The lowest BCUT2D eigenvalue weighted by molar-refractivity contribution is -0.137. The fourth-order valence-corrected chi connectivity index (χ4v) is 5.58. The van der Waals surface area contributed by atoms with Crippen LogP contribution in [0.1, 0.15) is 29.5 Å². The fourth-order valence-electron chi connectivity index (χ4n) is 5.45. The lowest BCUT2D eigenvalue weighted by Crippen LogP contribution is -2.58. The number of piperazine rings is 1. The molecule has 0 radical (unpaired) electrons. The Morgan fingerprint density at radius 1 is 0.875 bits per heavy atom. The van der Waals surface area contributed by atoms with Crippen LogP contribution < -0.4 is 10.6 Å². The summed E-state index contributed by atoms with van der Waals surface area (Å²) < 4.78 is 0. The largest absolute Gasteiger partial charge is 0.344 e. The maximum Gasteiger partial charge on any atom is 0.245 e.